The average molecular weight is 325 g/mol. The molecule has 4 nitrogen and oxygen atoms in total. The van der Waals surface area contributed by atoms with Gasteiger partial charge in [0.15, 0.2) is 6.10 Å². The highest BCUT2D eigenvalue weighted by atomic mass is 35.5. The molecule has 0 fully saturated rings. The van der Waals surface area contributed by atoms with Gasteiger partial charge in [0, 0.05) is 6.07 Å². The topological polar surface area (TPSA) is 48.2 Å². The Bertz CT molecular complexity index is 745. The molecule has 0 bridgehead atoms. The zero-order chi connectivity index (χ0) is 14.8. The van der Waals surface area contributed by atoms with Gasteiger partial charge in [-0.1, -0.05) is 17.7 Å². The summed E-state index contributed by atoms with van der Waals surface area (Å²) in [6.45, 7) is 1.75. The van der Waals surface area contributed by atoms with Crippen LogP contribution in [0.25, 0.3) is 10.8 Å². The summed E-state index contributed by atoms with van der Waals surface area (Å²) < 4.78 is 24.5. The van der Waals surface area contributed by atoms with E-state index in [4.69, 9.17) is 20.8 Å². The Morgan fingerprint density at radius 2 is 2.19 bits per heavy atom. The fraction of sp³-hybridized carbons (Fsp3) is 0.143. The molecule has 1 atom stereocenters. The first-order valence-corrected chi connectivity index (χ1v) is 7.38. The SMILES string of the molecule is C[C@@H](Oc1ccc(Cl)c(F)c1)c1nnc(-c2cccs2)o1. The van der Waals surface area contributed by atoms with Crippen molar-refractivity contribution in [2.45, 2.75) is 13.0 Å². The van der Waals surface area contributed by atoms with Gasteiger partial charge in [0.2, 0.25) is 0 Å². The van der Waals surface area contributed by atoms with E-state index in [9.17, 15) is 4.39 Å². The number of benzene rings is 1. The third kappa shape index (κ3) is 3.06. The Morgan fingerprint density at radius 3 is 2.90 bits per heavy atom. The molecule has 0 N–H and O–H groups in total. The molecule has 0 saturated heterocycles. The van der Waals surface area contributed by atoms with Gasteiger partial charge in [-0.2, -0.15) is 0 Å². The number of nitrogens with zero attached hydrogens (tertiary/aromatic N) is 2. The molecule has 0 aliphatic carbocycles. The maximum Gasteiger partial charge on any atom is 0.257 e. The van der Waals surface area contributed by atoms with Gasteiger partial charge in [0.1, 0.15) is 11.6 Å². The van der Waals surface area contributed by atoms with E-state index in [0.717, 1.165) is 4.88 Å². The van der Waals surface area contributed by atoms with E-state index in [1.165, 1.54) is 23.5 Å². The minimum atomic E-state index is -0.536. The molecule has 21 heavy (non-hydrogen) atoms. The Morgan fingerprint density at radius 1 is 1.33 bits per heavy atom. The maximum atomic E-state index is 13.4. The van der Waals surface area contributed by atoms with Crippen molar-refractivity contribution in [1.29, 1.82) is 0 Å². The maximum absolute atomic E-state index is 13.4. The van der Waals surface area contributed by atoms with Gasteiger partial charge in [0.05, 0.1) is 9.90 Å². The van der Waals surface area contributed by atoms with Crippen molar-refractivity contribution < 1.29 is 13.5 Å². The van der Waals surface area contributed by atoms with Gasteiger partial charge in [0.25, 0.3) is 11.8 Å². The number of hydrogen-bond donors (Lipinski definition) is 0. The lowest BCUT2D eigenvalue weighted by atomic mass is 10.3. The smallest absolute Gasteiger partial charge is 0.257 e. The summed E-state index contributed by atoms with van der Waals surface area (Å²) in [5.74, 6) is 0.581. The lowest BCUT2D eigenvalue weighted by Gasteiger charge is -2.11. The van der Waals surface area contributed by atoms with Crippen LogP contribution in [0.5, 0.6) is 5.75 Å². The first-order valence-electron chi connectivity index (χ1n) is 6.12. The van der Waals surface area contributed by atoms with Crippen molar-refractivity contribution in [1.82, 2.24) is 10.2 Å². The summed E-state index contributed by atoms with van der Waals surface area (Å²) in [5, 5.41) is 9.90. The molecule has 3 aromatic rings. The molecule has 0 saturated carbocycles. The second-order valence-electron chi connectivity index (χ2n) is 4.26. The number of rotatable bonds is 4. The van der Waals surface area contributed by atoms with Gasteiger partial charge >= 0.3 is 0 Å². The predicted molar refractivity (Wildman–Crippen MR) is 78.1 cm³/mol. The van der Waals surface area contributed by atoms with Crippen LogP contribution in [0, 0.1) is 5.82 Å². The molecule has 1 aromatic carbocycles. The average Bonchev–Trinajstić information content (AvgIpc) is 3.12. The van der Waals surface area contributed by atoms with Crippen LogP contribution in [0.1, 0.15) is 18.9 Å². The van der Waals surface area contributed by atoms with Gasteiger partial charge < -0.3 is 9.15 Å². The lowest BCUT2D eigenvalue weighted by molar-refractivity contribution is 0.189. The molecule has 2 heterocycles. The van der Waals surface area contributed by atoms with Crippen LogP contribution in [-0.2, 0) is 0 Å². The number of aromatic nitrogens is 2. The Hall–Kier alpha value is -1.92. The summed E-state index contributed by atoms with van der Waals surface area (Å²) in [4.78, 5) is 0.887. The Labute approximate surface area is 129 Å². The molecular formula is C14H10ClFN2O2S. The number of thiophene rings is 1. The lowest BCUT2D eigenvalue weighted by Crippen LogP contribution is -2.03. The van der Waals surface area contributed by atoms with E-state index in [0.29, 0.717) is 17.5 Å². The zero-order valence-corrected chi connectivity index (χ0v) is 12.5. The molecule has 0 spiro atoms. The zero-order valence-electron chi connectivity index (χ0n) is 10.9. The van der Waals surface area contributed by atoms with Crippen LogP contribution in [-0.4, -0.2) is 10.2 Å². The van der Waals surface area contributed by atoms with Gasteiger partial charge in [-0.25, -0.2) is 4.39 Å². The van der Waals surface area contributed by atoms with Crippen molar-refractivity contribution in [3.05, 3.63) is 52.4 Å². The van der Waals surface area contributed by atoms with Crippen molar-refractivity contribution >= 4 is 22.9 Å². The quantitative estimate of drug-likeness (QED) is 0.696. The Balaban J connectivity index is 1.76. The van der Waals surface area contributed by atoms with Crippen LogP contribution in [0.3, 0.4) is 0 Å². The van der Waals surface area contributed by atoms with E-state index >= 15 is 0 Å². The van der Waals surface area contributed by atoms with Crippen LogP contribution in [0.2, 0.25) is 5.02 Å². The summed E-state index contributed by atoms with van der Waals surface area (Å²) in [5.41, 5.74) is 0. The molecule has 0 amide bonds. The van der Waals surface area contributed by atoms with Gasteiger partial charge in [-0.3, -0.25) is 0 Å². The molecule has 0 aliphatic rings. The minimum absolute atomic E-state index is 0.0489. The number of hydrogen-bond acceptors (Lipinski definition) is 5. The summed E-state index contributed by atoms with van der Waals surface area (Å²) in [6, 6.07) is 8.03. The first kappa shape index (κ1) is 14.0. The van der Waals surface area contributed by atoms with E-state index in [1.54, 1.807) is 13.0 Å². The van der Waals surface area contributed by atoms with Gasteiger partial charge in [-0.15, -0.1) is 21.5 Å². The standard InChI is InChI=1S/C14H10ClFN2O2S/c1-8(19-9-4-5-10(15)11(16)7-9)13-17-18-14(20-13)12-3-2-6-21-12/h2-8H,1H3/t8-/m1/s1. The molecule has 3 rings (SSSR count). The van der Waals surface area contributed by atoms with E-state index in [2.05, 4.69) is 10.2 Å². The third-order valence-electron chi connectivity index (χ3n) is 2.72. The van der Waals surface area contributed by atoms with Crippen LogP contribution in [0.4, 0.5) is 4.39 Å². The van der Waals surface area contributed by atoms with Crippen molar-refractivity contribution in [3.63, 3.8) is 0 Å². The Kier molecular flexibility index (Phi) is 3.90. The first-order chi connectivity index (χ1) is 10.1. The second-order valence-corrected chi connectivity index (χ2v) is 5.61. The van der Waals surface area contributed by atoms with E-state index in [-0.39, 0.29) is 5.02 Å². The molecule has 0 aliphatic heterocycles. The third-order valence-corrected chi connectivity index (χ3v) is 3.89. The van der Waals surface area contributed by atoms with Gasteiger partial charge in [-0.05, 0) is 30.5 Å². The molecule has 2 aromatic heterocycles. The summed E-state index contributed by atoms with van der Waals surface area (Å²) in [6.07, 6.45) is -0.494. The number of halogens is 2. The fourth-order valence-electron chi connectivity index (χ4n) is 1.70. The van der Waals surface area contributed by atoms with Crippen molar-refractivity contribution in [2.24, 2.45) is 0 Å². The summed E-state index contributed by atoms with van der Waals surface area (Å²) >= 11 is 7.13. The molecule has 0 unspecified atom stereocenters. The largest absolute Gasteiger partial charge is 0.481 e. The monoisotopic (exact) mass is 324 g/mol. The summed E-state index contributed by atoms with van der Waals surface area (Å²) in [7, 11) is 0. The minimum Gasteiger partial charge on any atom is -0.481 e. The highest BCUT2D eigenvalue weighted by Crippen LogP contribution is 2.28. The van der Waals surface area contributed by atoms with Crippen molar-refractivity contribution in [3.8, 4) is 16.5 Å². The molecular weight excluding hydrogens is 315 g/mol. The highest BCUT2D eigenvalue weighted by molar-refractivity contribution is 7.13. The van der Waals surface area contributed by atoms with Crippen LogP contribution < -0.4 is 4.74 Å². The van der Waals surface area contributed by atoms with Crippen LogP contribution >= 0.6 is 22.9 Å². The molecule has 0 radical (unpaired) electrons. The van der Waals surface area contributed by atoms with Crippen LogP contribution in [0.15, 0.2) is 40.1 Å². The predicted octanol–water partition coefficient (Wildman–Crippen LogP) is 4.73. The second kappa shape index (κ2) is 5.83. The highest BCUT2D eigenvalue weighted by Gasteiger charge is 2.17. The normalized spacial score (nSPS) is 12.3. The number of ether oxygens (including phenoxy) is 1. The molecule has 108 valence electrons. The fourth-order valence-corrected chi connectivity index (χ4v) is 2.47. The van der Waals surface area contributed by atoms with Crippen molar-refractivity contribution in [2.75, 3.05) is 0 Å². The molecule has 7 heteroatoms. The van der Waals surface area contributed by atoms with E-state index < -0.39 is 11.9 Å². The van der Waals surface area contributed by atoms with E-state index in [1.807, 2.05) is 17.5 Å².